The van der Waals surface area contributed by atoms with Crippen molar-refractivity contribution in [3.05, 3.63) is 63.9 Å². The molecule has 0 unspecified atom stereocenters. The SMILES string of the molecule is CC1(C)CCC(C)(C)c2cc(-c3csc(C4CCN(C(=S)NCc5ccco5)CC4)n3)ccc21. The smallest absolute Gasteiger partial charge is 0.169 e. The van der Waals surface area contributed by atoms with Gasteiger partial charge >= 0.3 is 0 Å². The number of thiazole rings is 1. The molecule has 4 nitrogen and oxygen atoms in total. The molecule has 0 radical (unpaired) electrons. The lowest BCUT2D eigenvalue weighted by Crippen LogP contribution is -2.43. The van der Waals surface area contributed by atoms with Gasteiger partial charge in [-0.25, -0.2) is 4.98 Å². The average Bonchev–Trinajstić information content (AvgIpc) is 3.53. The molecular weight excluding hydrogens is 458 g/mol. The topological polar surface area (TPSA) is 41.3 Å². The van der Waals surface area contributed by atoms with Crippen LogP contribution in [0.2, 0.25) is 0 Å². The Bertz CT molecular complexity index is 1150. The maximum absolute atomic E-state index is 5.61. The van der Waals surface area contributed by atoms with Crippen molar-refractivity contribution >= 4 is 28.7 Å². The second-order valence-corrected chi connectivity index (χ2v) is 12.4. The van der Waals surface area contributed by atoms with Gasteiger partial charge in [0.2, 0.25) is 0 Å². The summed E-state index contributed by atoms with van der Waals surface area (Å²) >= 11 is 7.43. The number of aromatic nitrogens is 1. The maximum Gasteiger partial charge on any atom is 0.169 e. The largest absolute Gasteiger partial charge is 0.467 e. The maximum atomic E-state index is 5.61. The lowest BCUT2D eigenvalue weighted by Gasteiger charge is -2.42. The van der Waals surface area contributed by atoms with Gasteiger partial charge in [0.25, 0.3) is 0 Å². The van der Waals surface area contributed by atoms with Crippen LogP contribution in [0, 0.1) is 0 Å². The van der Waals surface area contributed by atoms with E-state index in [4.69, 9.17) is 21.6 Å². The highest BCUT2D eigenvalue weighted by Crippen LogP contribution is 2.47. The van der Waals surface area contributed by atoms with Gasteiger partial charge in [-0.1, -0.05) is 39.8 Å². The fraction of sp³-hybridized carbons (Fsp3) is 0.500. The minimum absolute atomic E-state index is 0.218. The zero-order chi connectivity index (χ0) is 23.9. The standard InChI is InChI=1S/C28H35N3OS2/c1-27(2)11-12-28(3,4)23-16-20(7-8-22(23)27)24-18-34-25(30-24)19-9-13-31(14-10-19)26(33)29-17-21-6-5-15-32-21/h5-8,15-16,18-19H,9-14,17H2,1-4H3,(H,29,33). The van der Waals surface area contributed by atoms with Crippen LogP contribution in [0.25, 0.3) is 11.3 Å². The highest BCUT2D eigenvalue weighted by atomic mass is 32.1. The summed E-state index contributed by atoms with van der Waals surface area (Å²) in [5.41, 5.74) is 5.85. The fourth-order valence-electron chi connectivity index (χ4n) is 5.37. The molecule has 34 heavy (non-hydrogen) atoms. The molecule has 5 rings (SSSR count). The zero-order valence-electron chi connectivity index (χ0n) is 20.7. The molecule has 1 aliphatic heterocycles. The van der Waals surface area contributed by atoms with Crippen LogP contribution >= 0.6 is 23.6 Å². The van der Waals surface area contributed by atoms with Gasteiger partial charge in [-0.15, -0.1) is 11.3 Å². The minimum atomic E-state index is 0.218. The van der Waals surface area contributed by atoms with Crippen molar-refractivity contribution in [1.82, 2.24) is 15.2 Å². The number of rotatable bonds is 4. The van der Waals surface area contributed by atoms with E-state index in [0.717, 1.165) is 42.5 Å². The van der Waals surface area contributed by atoms with E-state index >= 15 is 0 Å². The average molecular weight is 494 g/mol. The van der Waals surface area contributed by atoms with E-state index in [9.17, 15) is 0 Å². The Hall–Kier alpha value is -2.18. The second-order valence-electron chi connectivity index (χ2n) is 11.1. The molecule has 1 fully saturated rings. The summed E-state index contributed by atoms with van der Waals surface area (Å²) in [5.74, 6) is 1.41. The van der Waals surface area contributed by atoms with E-state index < -0.39 is 0 Å². The van der Waals surface area contributed by atoms with Crippen molar-refractivity contribution in [2.45, 2.75) is 76.7 Å². The van der Waals surface area contributed by atoms with Crippen LogP contribution in [0.3, 0.4) is 0 Å². The van der Waals surface area contributed by atoms with Crippen LogP contribution in [-0.2, 0) is 17.4 Å². The molecule has 3 heterocycles. The Morgan fingerprint density at radius 3 is 2.56 bits per heavy atom. The highest BCUT2D eigenvalue weighted by molar-refractivity contribution is 7.80. The summed E-state index contributed by atoms with van der Waals surface area (Å²) in [5, 5.41) is 7.65. The number of likely N-dealkylation sites (tertiary alicyclic amines) is 1. The molecular formula is C28H35N3OS2. The van der Waals surface area contributed by atoms with E-state index in [1.54, 1.807) is 6.26 Å². The van der Waals surface area contributed by atoms with Gasteiger partial charge in [-0.05, 0) is 78.1 Å². The summed E-state index contributed by atoms with van der Waals surface area (Å²) in [6.45, 7) is 12.1. The Labute approximate surface area is 212 Å². The number of hydrogen-bond donors (Lipinski definition) is 1. The first-order valence-electron chi connectivity index (χ1n) is 12.4. The fourth-order valence-corrected chi connectivity index (χ4v) is 6.63. The quantitative estimate of drug-likeness (QED) is 0.396. The normalized spacial score (nSPS) is 19.6. The Kier molecular flexibility index (Phi) is 6.32. The molecule has 1 aromatic carbocycles. The van der Waals surface area contributed by atoms with Crippen molar-refractivity contribution in [3.8, 4) is 11.3 Å². The summed E-state index contributed by atoms with van der Waals surface area (Å²) in [7, 11) is 0. The van der Waals surface area contributed by atoms with Crippen LogP contribution in [-0.4, -0.2) is 28.1 Å². The van der Waals surface area contributed by atoms with E-state index in [-0.39, 0.29) is 10.8 Å². The summed E-state index contributed by atoms with van der Waals surface area (Å²) in [6.07, 6.45) is 6.34. The third kappa shape index (κ3) is 4.67. The lowest BCUT2D eigenvalue weighted by atomic mass is 9.63. The van der Waals surface area contributed by atoms with Crippen molar-refractivity contribution in [2.75, 3.05) is 13.1 Å². The van der Waals surface area contributed by atoms with Crippen molar-refractivity contribution in [2.24, 2.45) is 0 Å². The van der Waals surface area contributed by atoms with E-state index in [0.29, 0.717) is 12.5 Å². The van der Waals surface area contributed by atoms with Gasteiger partial charge in [0.1, 0.15) is 5.76 Å². The monoisotopic (exact) mass is 493 g/mol. The predicted octanol–water partition coefficient (Wildman–Crippen LogP) is 7.01. The third-order valence-corrected chi connectivity index (χ3v) is 9.21. The highest BCUT2D eigenvalue weighted by Gasteiger charge is 2.37. The molecule has 0 spiro atoms. The van der Waals surface area contributed by atoms with Crippen LogP contribution in [0.5, 0.6) is 0 Å². The first-order chi connectivity index (χ1) is 16.2. The number of benzene rings is 1. The van der Waals surface area contributed by atoms with E-state index in [1.165, 1.54) is 34.5 Å². The molecule has 2 aliphatic rings. The third-order valence-electron chi connectivity index (χ3n) is 7.80. The van der Waals surface area contributed by atoms with Crippen molar-refractivity contribution < 1.29 is 4.42 Å². The van der Waals surface area contributed by atoms with Crippen LogP contribution < -0.4 is 5.32 Å². The van der Waals surface area contributed by atoms with Crippen LogP contribution in [0.4, 0.5) is 0 Å². The van der Waals surface area contributed by atoms with Crippen LogP contribution in [0.1, 0.15) is 81.2 Å². The first kappa shape index (κ1) is 23.6. The molecule has 1 saturated heterocycles. The van der Waals surface area contributed by atoms with Crippen molar-refractivity contribution in [1.29, 1.82) is 0 Å². The molecule has 180 valence electrons. The molecule has 1 N–H and O–H groups in total. The molecule has 1 aliphatic carbocycles. The summed E-state index contributed by atoms with van der Waals surface area (Å²) in [4.78, 5) is 7.39. The molecule has 3 aromatic rings. The van der Waals surface area contributed by atoms with Gasteiger partial charge in [0.05, 0.1) is 23.5 Å². The number of hydrogen-bond acceptors (Lipinski definition) is 4. The Morgan fingerprint density at radius 2 is 1.85 bits per heavy atom. The summed E-state index contributed by atoms with van der Waals surface area (Å²) < 4.78 is 5.39. The second kappa shape index (κ2) is 9.12. The number of fused-ring (bicyclic) bond motifs is 1. The number of furan rings is 1. The zero-order valence-corrected chi connectivity index (χ0v) is 22.3. The lowest BCUT2D eigenvalue weighted by molar-refractivity contribution is 0.308. The van der Waals surface area contributed by atoms with E-state index in [2.05, 4.69) is 61.5 Å². The summed E-state index contributed by atoms with van der Waals surface area (Å²) in [6, 6.07) is 10.9. The van der Waals surface area contributed by atoms with Gasteiger partial charge in [-0.2, -0.15) is 0 Å². The molecule has 2 aromatic heterocycles. The first-order valence-corrected chi connectivity index (χ1v) is 13.7. The molecule has 0 bridgehead atoms. The predicted molar refractivity (Wildman–Crippen MR) is 145 cm³/mol. The number of nitrogens with one attached hydrogen (secondary N) is 1. The molecule has 6 heteroatoms. The number of piperidine rings is 1. The van der Waals surface area contributed by atoms with Gasteiger partial charge in [0, 0.05) is 30.0 Å². The van der Waals surface area contributed by atoms with Crippen molar-refractivity contribution in [3.63, 3.8) is 0 Å². The Balaban J connectivity index is 1.24. The number of nitrogens with zero attached hydrogens (tertiary/aromatic N) is 2. The van der Waals surface area contributed by atoms with Gasteiger partial charge in [-0.3, -0.25) is 0 Å². The van der Waals surface area contributed by atoms with Gasteiger partial charge in [0.15, 0.2) is 5.11 Å². The van der Waals surface area contributed by atoms with Gasteiger partial charge < -0.3 is 14.6 Å². The minimum Gasteiger partial charge on any atom is -0.467 e. The van der Waals surface area contributed by atoms with E-state index in [1.807, 2.05) is 23.5 Å². The van der Waals surface area contributed by atoms with Crippen LogP contribution in [0.15, 0.2) is 46.4 Å². The molecule has 0 atom stereocenters. The molecule has 0 amide bonds. The number of thiocarbonyl (C=S) groups is 1. The molecule has 0 saturated carbocycles. The Morgan fingerprint density at radius 1 is 1.12 bits per heavy atom.